The highest BCUT2D eigenvalue weighted by molar-refractivity contribution is 5.94. The molecule has 4 nitrogen and oxygen atoms in total. The molecule has 0 aliphatic carbocycles. The Bertz CT molecular complexity index is 927. The molecule has 0 N–H and O–H groups in total. The van der Waals surface area contributed by atoms with Gasteiger partial charge >= 0.3 is 0 Å². The third kappa shape index (κ3) is 3.63. The number of nitrogens with zero attached hydrogens (tertiary/aromatic N) is 3. The molecule has 2 heterocycles. The lowest BCUT2D eigenvalue weighted by Crippen LogP contribution is -2.39. The normalized spacial score (nSPS) is 16.6. The zero-order valence-corrected chi connectivity index (χ0v) is 16.2. The van der Waals surface area contributed by atoms with Gasteiger partial charge in [-0.25, -0.2) is 4.98 Å². The minimum atomic E-state index is 0.0383. The number of anilines is 2. The minimum absolute atomic E-state index is 0.0383. The van der Waals surface area contributed by atoms with Crippen molar-refractivity contribution in [1.29, 1.82) is 0 Å². The van der Waals surface area contributed by atoms with E-state index in [-0.39, 0.29) is 11.9 Å². The number of rotatable bonds is 4. The molecule has 0 bridgehead atoms. The summed E-state index contributed by atoms with van der Waals surface area (Å²) in [5.41, 5.74) is 2.94. The smallest absolute Gasteiger partial charge is 0.254 e. The highest BCUT2D eigenvalue weighted by atomic mass is 16.2. The van der Waals surface area contributed by atoms with Gasteiger partial charge in [-0.05, 0) is 49.6 Å². The van der Waals surface area contributed by atoms with Crippen LogP contribution in [-0.4, -0.2) is 29.4 Å². The molecule has 28 heavy (non-hydrogen) atoms. The number of pyridine rings is 1. The van der Waals surface area contributed by atoms with Gasteiger partial charge in [-0.15, -0.1) is 0 Å². The van der Waals surface area contributed by atoms with Crippen molar-refractivity contribution < 1.29 is 4.79 Å². The first-order chi connectivity index (χ1) is 13.8. The predicted molar refractivity (Wildman–Crippen MR) is 113 cm³/mol. The summed E-state index contributed by atoms with van der Waals surface area (Å²) in [5, 5.41) is 0. The predicted octanol–water partition coefficient (Wildman–Crippen LogP) is 5.22. The molecule has 2 aromatic carbocycles. The summed E-state index contributed by atoms with van der Waals surface area (Å²) in [7, 11) is 2.04. The van der Waals surface area contributed by atoms with Gasteiger partial charge in [0, 0.05) is 36.6 Å². The van der Waals surface area contributed by atoms with Crippen molar-refractivity contribution in [2.45, 2.75) is 25.3 Å². The molecule has 4 rings (SSSR count). The summed E-state index contributed by atoms with van der Waals surface area (Å²) < 4.78 is 0. The average Bonchev–Trinajstić information content (AvgIpc) is 2.79. The second-order valence-electron chi connectivity index (χ2n) is 7.19. The highest BCUT2D eigenvalue weighted by Crippen LogP contribution is 2.37. The first kappa shape index (κ1) is 18.2. The van der Waals surface area contributed by atoms with Gasteiger partial charge in [0.1, 0.15) is 5.82 Å². The third-order valence-electron chi connectivity index (χ3n) is 5.42. The zero-order chi connectivity index (χ0) is 19.3. The molecule has 142 valence electrons. The lowest BCUT2D eigenvalue weighted by atomic mass is 9.94. The van der Waals surface area contributed by atoms with E-state index < -0.39 is 0 Å². The fourth-order valence-corrected chi connectivity index (χ4v) is 3.97. The Hall–Kier alpha value is -3.14. The summed E-state index contributed by atoms with van der Waals surface area (Å²) in [5.74, 6) is 1.01. The molecule has 1 aromatic heterocycles. The largest absolute Gasteiger partial charge is 0.331 e. The number of benzene rings is 2. The van der Waals surface area contributed by atoms with Crippen LogP contribution in [0.3, 0.4) is 0 Å². The number of hydrogen-bond donors (Lipinski definition) is 0. The second-order valence-corrected chi connectivity index (χ2v) is 7.19. The van der Waals surface area contributed by atoms with Gasteiger partial charge in [0.05, 0.1) is 6.04 Å². The van der Waals surface area contributed by atoms with Crippen molar-refractivity contribution in [3.8, 4) is 0 Å². The molecule has 1 atom stereocenters. The Balaban J connectivity index is 1.70. The molecular formula is C24H25N3O. The molecule has 4 heteroatoms. The molecule has 0 spiro atoms. The van der Waals surface area contributed by atoms with Crippen LogP contribution in [0.4, 0.5) is 11.5 Å². The molecule has 0 radical (unpaired) electrons. The van der Waals surface area contributed by atoms with Crippen LogP contribution in [0, 0.1) is 0 Å². The van der Waals surface area contributed by atoms with Crippen LogP contribution in [0.5, 0.6) is 0 Å². The maximum absolute atomic E-state index is 13.2. The van der Waals surface area contributed by atoms with Crippen LogP contribution in [0.25, 0.3) is 0 Å². The van der Waals surface area contributed by atoms with Crippen LogP contribution in [0.15, 0.2) is 79.0 Å². The quantitative estimate of drug-likeness (QED) is 0.631. The van der Waals surface area contributed by atoms with Crippen molar-refractivity contribution in [2.24, 2.45) is 0 Å². The summed E-state index contributed by atoms with van der Waals surface area (Å²) in [6, 6.07) is 23.9. The van der Waals surface area contributed by atoms with Gasteiger partial charge in [0.25, 0.3) is 5.91 Å². The molecule has 1 aliphatic rings. The first-order valence-corrected chi connectivity index (χ1v) is 9.85. The van der Waals surface area contributed by atoms with Crippen LogP contribution >= 0.6 is 0 Å². The summed E-state index contributed by atoms with van der Waals surface area (Å²) >= 11 is 0. The zero-order valence-electron chi connectivity index (χ0n) is 16.2. The molecule has 3 aromatic rings. The van der Waals surface area contributed by atoms with Gasteiger partial charge in [0.2, 0.25) is 0 Å². The Kier molecular flexibility index (Phi) is 5.38. The highest BCUT2D eigenvalue weighted by Gasteiger charge is 2.31. The van der Waals surface area contributed by atoms with Crippen LogP contribution in [-0.2, 0) is 0 Å². The van der Waals surface area contributed by atoms with Gasteiger partial charge in [-0.3, -0.25) is 4.79 Å². The van der Waals surface area contributed by atoms with Crippen molar-refractivity contribution in [3.63, 3.8) is 0 Å². The summed E-state index contributed by atoms with van der Waals surface area (Å²) in [6.07, 6.45) is 4.94. The fourth-order valence-electron chi connectivity index (χ4n) is 3.97. The Morgan fingerprint density at radius 2 is 1.68 bits per heavy atom. The van der Waals surface area contributed by atoms with Crippen molar-refractivity contribution >= 4 is 17.4 Å². The molecule has 1 aliphatic heterocycles. The number of likely N-dealkylation sites (tertiary alicyclic amines) is 1. The van der Waals surface area contributed by atoms with E-state index in [2.05, 4.69) is 28.1 Å². The number of carbonyl (C=O) groups is 1. The molecule has 1 amide bonds. The SMILES string of the molecule is CN(c1ccccc1)c1ncccc1[C@H]1CCCCN1C(=O)c1ccccc1. The van der Waals surface area contributed by atoms with E-state index in [0.29, 0.717) is 0 Å². The lowest BCUT2D eigenvalue weighted by molar-refractivity contribution is 0.0612. The van der Waals surface area contributed by atoms with E-state index >= 15 is 0 Å². The number of para-hydroxylation sites is 1. The van der Waals surface area contributed by atoms with Gasteiger partial charge < -0.3 is 9.80 Å². The topological polar surface area (TPSA) is 36.4 Å². The maximum atomic E-state index is 13.2. The standard InChI is InChI=1S/C24H25N3O/c1-26(20-13-6-3-7-14-20)23-21(15-10-17-25-23)22-16-8-9-18-27(22)24(28)19-11-4-2-5-12-19/h2-7,10-15,17,22H,8-9,16,18H2,1H3/t22-/m1/s1. The number of amides is 1. The molecule has 1 fully saturated rings. The monoisotopic (exact) mass is 371 g/mol. The van der Waals surface area contributed by atoms with E-state index in [1.807, 2.05) is 72.7 Å². The Labute approximate surface area is 166 Å². The Morgan fingerprint density at radius 1 is 0.964 bits per heavy atom. The maximum Gasteiger partial charge on any atom is 0.254 e. The van der Waals surface area contributed by atoms with Gasteiger partial charge in [0.15, 0.2) is 0 Å². The molecule has 0 saturated carbocycles. The van der Waals surface area contributed by atoms with E-state index in [1.54, 1.807) is 0 Å². The van der Waals surface area contributed by atoms with E-state index in [4.69, 9.17) is 0 Å². The van der Waals surface area contributed by atoms with Gasteiger partial charge in [-0.2, -0.15) is 0 Å². The minimum Gasteiger partial charge on any atom is -0.331 e. The summed E-state index contributed by atoms with van der Waals surface area (Å²) in [4.78, 5) is 22.0. The van der Waals surface area contributed by atoms with Crippen molar-refractivity contribution in [3.05, 3.63) is 90.1 Å². The van der Waals surface area contributed by atoms with Gasteiger partial charge in [-0.1, -0.05) is 42.5 Å². The number of piperidine rings is 1. The number of aromatic nitrogens is 1. The average molecular weight is 371 g/mol. The van der Waals surface area contributed by atoms with Crippen molar-refractivity contribution in [1.82, 2.24) is 9.88 Å². The second kappa shape index (κ2) is 8.26. The Morgan fingerprint density at radius 3 is 2.43 bits per heavy atom. The molecular weight excluding hydrogens is 346 g/mol. The van der Waals surface area contributed by atoms with Crippen LogP contribution in [0.2, 0.25) is 0 Å². The first-order valence-electron chi connectivity index (χ1n) is 9.85. The number of carbonyl (C=O) groups excluding carboxylic acids is 1. The van der Waals surface area contributed by atoms with Crippen LogP contribution in [0.1, 0.15) is 41.2 Å². The number of hydrogen-bond acceptors (Lipinski definition) is 3. The fraction of sp³-hybridized carbons (Fsp3) is 0.250. The third-order valence-corrected chi connectivity index (χ3v) is 5.42. The molecule has 0 unspecified atom stereocenters. The summed E-state index contributed by atoms with van der Waals surface area (Å²) in [6.45, 7) is 0.780. The molecule has 1 saturated heterocycles. The lowest BCUT2D eigenvalue weighted by Gasteiger charge is -2.37. The van der Waals surface area contributed by atoms with E-state index in [1.165, 1.54) is 0 Å². The van der Waals surface area contributed by atoms with Crippen LogP contribution < -0.4 is 4.90 Å². The van der Waals surface area contributed by atoms with Crippen molar-refractivity contribution in [2.75, 3.05) is 18.5 Å². The van der Waals surface area contributed by atoms with E-state index in [0.717, 1.165) is 48.4 Å². The van der Waals surface area contributed by atoms with E-state index in [9.17, 15) is 4.79 Å².